The van der Waals surface area contributed by atoms with Crippen LogP contribution in [0.15, 0.2) is 12.4 Å². The number of nitrogens with zero attached hydrogens (tertiary/aromatic N) is 3. The lowest BCUT2D eigenvalue weighted by molar-refractivity contribution is 0.652. The summed E-state index contributed by atoms with van der Waals surface area (Å²) >= 11 is 0. The first-order valence-corrected chi connectivity index (χ1v) is 5.93. The molecule has 90 valence electrons. The van der Waals surface area contributed by atoms with Crippen LogP contribution in [-0.2, 0) is 6.54 Å². The van der Waals surface area contributed by atoms with Crippen molar-refractivity contribution in [2.75, 3.05) is 18.5 Å². The van der Waals surface area contributed by atoms with Crippen molar-refractivity contribution >= 4 is 5.82 Å². The van der Waals surface area contributed by atoms with Crippen molar-refractivity contribution < 1.29 is 0 Å². The molecule has 0 amide bonds. The summed E-state index contributed by atoms with van der Waals surface area (Å²) in [6.07, 6.45) is 4.80. The Morgan fingerprint density at radius 2 is 2.06 bits per heavy atom. The summed E-state index contributed by atoms with van der Waals surface area (Å²) in [5.74, 6) is 0.939. The predicted molar refractivity (Wildman–Crippen MR) is 67.6 cm³/mol. The van der Waals surface area contributed by atoms with Crippen molar-refractivity contribution in [3.63, 3.8) is 0 Å². The molecule has 1 rings (SSSR count). The van der Waals surface area contributed by atoms with Crippen molar-refractivity contribution in [1.29, 1.82) is 0 Å². The van der Waals surface area contributed by atoms with Crippen LogP contribution in [0.4, 0.5) is 5.82 Å². The van der Waals surface area contributed by atoms with Gasteiger partial charge in [0.25, 0.3) is 0 Å². The predicted octanol–water partition coefficient (Wildman–Crippen LogP) is 1.82. The molecule has 1 aromatic rings. The molecule has 0 fully saturated rings. The maximum Gasteiger partial charge on any atom is 0.147 e. The Morgan fingerprint density at radius 1 is 1.31 bits per heavy atom. The zero-order chi connectivity index (χ0) is 12.0. The molecule has 4 nitrogen and oxygen atoms in total. The van der Waals surface area contributed by atoms with Gasteiger partial charge in [0, 0.05) is 19.6 Å². The Morgan fingerprint density at radius 3 is 2.56 bits per heavy atom. The zero-order valence-corrected chi connectivity index (χ0v) is 10.7. The first-order chi connectivity index (χ1) is 7.69. The Hall–Kier alpha value is -1.16. The van der Waals surface area contributed by atoms with E-state index in [0.717, 1.165) is 31.0 Å². The first-order valence-electron chi connectivity index (χ1n) is 5.93. The number of hydrogen-bond donors (Lipinski definition) is 1. The van der Waals surface area contributed by atoms with Crippen LogP contribution in [0.3, 0.4) is 0 Å². The Kier molecular flexibility index (Phi) is 5.19. The minimum Gasteiger partial charge on any atom is -0.356 e. The van der Waals surface area contributed by atoms with Gasteiger partial charge in [0.2, 0.25) is 0 Å². The average Bonchev–Trinajstić information content (AvgIpc) is 2.35. The van der Waals surface area contributed by atoms with E-state index in [4.69, 9.17) is 0 Å². The van der Waals surface area contributed by atoms with Gasteiger partial charge < -0.3 is 10.2 Å². The molecule has 16 heavy (non-hydrogen) atoms. The van der Waals surface area contributed by atoms with Gasteiger partial charge in [-0.25, -0.2) is 4.98 Å². The molecule has 4 heteroatoms. The van der Waals surface area contributed by atoms with Crippen LogP contribution in [0.2, 0.25) is 0 Å². The molecule has 0 spiro atoms. The summed E-state index contributed by atoms with van der Waals surface area (Å²) in [6.45, 7) is 8.19. The average molecular weight is 222 g/mol. The minimum absolute atomic E-state index is 0.494. The fourth-order valence-corrected chi connectivity index (χ4v) is 1.37. The van der Waals surface area contributed by atoms with Crippen molar-refractivity contribution in [3.05, 3.63) is 18.1 Å². The molecule has 0 radical (unpaired) electrons. The summed E-state index contributed by atoms with van der Waals surface area (Å²) in [6, 6.07) is 0.494. The lowest BCUT2D eigenvalue weighted by Crippen LogP contribution is -2.29. The van der Waals surface area contributed by atoms with E-state index in [1.54, 1.807) is 0 Å². The summed E-state index contributed by atoms with van der Waals surface area (Å²) in [4.78, 5) is 11.0. The molecule has 0 aromatic carbocycles. The zero-order valence-electron chi connectivity index (χ0n) is 10.7. The molecule has 1 atom stereocenters. The molecule has 0 bridgehead atoms. The van der Waals surface area contributed by atoms with Crippen LogP contribution in [0.25, 0.3) is 0 Å². The van der Waals surface area contributed by atoms with Gasteiger partial charge in [-0.2, -0.15) is 0 Å². The maximum atomic E-state index is 4.42. The lowest BCUT2D eigenvalue weighted by Gasteiger charge is -2.24. The van der Waals surface area contributed by atoms with Gasteiger partial charge in [-0.15, -0.1) is 0 Å². The molecule has 0 aliphatic heterocycles. The largest absolute Gasteiger partial charge is 0.356 e. The second-order valence-corrected chi connectivity index (χ2v) is 4.01. The molecular formula is C12H22N4. The SMILES string of the molecule is CCNCc1cnc(N(C)C(C)CC)cn1. The van der Waals surface area contributed by atoms with Gasteiger partial charge >= 0.3 is 0 Å². The molecule has 1 N–H and O–H groups in total. The van der Waals surface area contributed by atoms with Crippen LogP contribution in [0, 0.1) is 0 Å². The van der Waals surface area contributed by atoms with E-state index in [9.17, 15) is 0 Å². The van der Waals surface area contributed by atoms with Gasteiger partial charge in [0.05, 0.1) is 18.1 Å². The van der Waals surface area contributed by atoms with Gasteiger partial charge in [-0.3, -0.25) is 4.98 Å². The third-order valence-electron chi connectivity index (χ3n) is 2.86. The smallest absolute Gasteiger partial charge is 0.147 e. The number of anilines is 1. The fraction of sp³-hybridized carbons (Fsp3) is 0.667. The third-order valence-corrected chi connectivity index (χ3v) is 2.86. The number of rotatable bonds is 6. The molecule has 0 aliphatic rings. The number of hydrogen-bond acceptors (Lipinski definition) is 4. The van der Waals surface area contributed by atoms with Crippen LogP contribution in [0.5, 0.6) is 0 Å². The van der Waals surface area contributed by atoms with Gasteiger partial charge in [0.1, 0.15) is 5.82 Å². The van der Waals surface area contributed by atoms with Crippen LogP contribution in [0.1, 0.15) is 32.9 Å². The molecule has 1 unspecified atom stereocenters. The highest BCUT2D eigenvalue weighted by Crippen LogP contribution is 2.11. The second-order valence-electron chi connectivity index (χ2n) is 4.01. The first kappa shape index (κ1) is 12.9. The topological polar surface area (TPSA) is 41.1 Å². The van der Waals surface area contributed by atoms with E-state index >= 15 is 0 Å². The number of nitrogens with one attached hydrogen (secondary N) is 1. The van der Waals surface area contributed by atoms with Gasteiger partial charge in [-0.1, -0.05) is 13.8 Å². The van der Waals surface area contributed by atoms with Crippen molar-refractivity contribution in [2.24, 2.45) is 0 Å². The highest BCUT2D eigenvalue weighted by atomic mass is 15.2. The molecular weight excluding hydrogens is 200 g/mol. The molecule has 0 aliphatic carbocycles. The molecule has 1 aromatic heterocycles. The lowest BCUT2D eigenvalue weighted by atomic mass is 10.2. The maximum absolute atomic E-state index is 4.42. The highest BCUT2D eigenvalue weighted by Gasteiger charge is 2.09. The summed E-state index contributed by atoms with van der Waals surface area (Å²) in [5.41, 5.74) is 0.989. The monoisotopic (exact) mass is 222 g/mol. The Labute approximate surface area is 98.1 Å². The number of aromatic nitrogens is 2. The van der Waals surface area contributed by atoms with Crippen molar-refractivity contribution in [2.45, 2.75) is 39.8 Å². The van der Waals surface area contributed by atoms with Gasteiger partial charge in [0.15, 0.2) is 0 Å². The van der Waals surface area contributed by atoms with Crippen LogP contribution in [-0.4, -0.2) is 29.6 Å². The summed E-state index contributed by atoms with van der Waals surface area (Å²) in [7, 11) is 2.06. The quantitative estimate of drug-likeness (QED) is 0.797. The summed E-state index contributed by atoms with van der Waals surface area (Å²) < 4.78 is 0. The fourth-order valence-electron chi connectivity index (χ4n) is 1.37. The minimum atomic E-state index is 0.494. The van der Waals surface area contributed by atoms with E-state index < -0.39 is 0 Å². The second kappa shape index (κ2) is 6.43. The molecule has 0 saturated carbocycles. The van der Waals surface area contributed by atoms with Crippen LogP contribution >= 0.6 is 0 Å². The summed E-state index contributed by atoms with van der Waals surface area (Å²) in [5, 5.41) is 3.23. The van der Waals surface area contributed by atoms with E-state index in [2.05, 4.69) is 48.0 Å². The van der Waals surface area contributed by atoms with E-state index in [0.29, 0.717) is 6.04 Å². The van der Waals surface area contributed by atoms with E-state index in [1.807, 2.05) is 12.4 Å². The normalized spacial score (nSPS) is 12.5. The van der Waals surface area contributed by atoms with Crippen molar-refractivity contribution in [1.82, 2.24) is 15.3 Å². The Bertz CT molecular complexity index is 296. The van der Waals surface area contributed by atoms with Gasteiger partial charge in [-0.05, 0) is 19.9 Å². The third kappa shape index (κ3) is 3.45. The van der Waals surface area contributed by atoms with Crippen LogP contribution < -0.4 is 10.2 Å². The Balaban J connectivity index is 2.63. The highest BCUT2D eigenvalue weighted by molar-refractivity contribution is 5.35. The van der Waals surface area contributed by atoms with E-state index in [-0.39, 0.29) is 0 Å². The van der Waals surface area contributed by atoms with E-state index in [1.165, 1.54) is 0 Å². The molecule has 0 saturated heterocycles. The van der Waals surface area contributed by atoms with Crippen molar-refractivity contribution in [3.8, 4) is 0 Å². The molecule has 1 heterocycles. The standard InChI is InChI=1S/C12H22N4/c1-5-10(3)16(4)12-9-14-11(8-15-12)7-13-6-2/h8-10,13H,5-7H2,1-4H3.